The van der Waals surface area contributed by atoms with Crippen LogP contribution in [0.2, 0.25) is 0 Å². The van der Waals surface area contributed by atoms with Crippen LogP contribution >= 0.6 is 0 Å². The van der Waals surface area contributed by atoms with E-state index in [-0.39, 0.29) is 5.91 Å². The Bertz CT molecular complexity index is 1010. The Morgan fingerprint density at radius 3 is 2.43 bits per heavy atom. The molecule has 3 aromatic heterocycles. The third-order valence-electron chi connectivity index (χ3n) is 5.24. The van der Waals surface area contributed by atoms with Crippen LogP contribution in [0.1, 0.15) is 28.9 Å². The molecule has 8 nitrogen and oxygen atoms in total. The van der Waals surface area contributed by atoms with Gasteiger partial charge in [0.1, 0.15) is 5.82 Å². The molecule has 0 atom stereocenters. The quantitative estimate of drug-likeness (QED) is 0.696. The van der Waals surface area contributed by atoms with Crippen molar-refractivity contribution in [2.75, 3.05) is 30.0 Å². The Kier molecular flexibility index (Phi) is 3.96. The summed E-state index contributed by atoms with van der Waals surface area (Å²) >= 11 is 0. The van der Waals surface area contributed by atoms with Gasteiger partial charge >= 0.3 is 0 Å². The molecule has 2 aliphatic heterocycles. The van der Waals surface area contributed by atoms with E-state index < -0.39 is 0 Å². The molecular formula is C20H20N6O2. The van der Waals surface area contributed by atoms with Crippen molar-refractivity contribution in [2.24, 2.45) is 0 Å². The summed E-state index contributed by atoms with van der Waals surface area (Å²) in [6.45, 7) is 2.55. The molecule has 5 rings (SSSR count). The lowest BCUT2D eigenvalue weighted by atomic mass is 10.3. The normalized spacial score (nSPS) is 16.0. The summed E-state index contributed by atoms with van der Waals surface area (Å²) in [7, 11) is 1.56. The molecule has 0 spiro atoms. The van der Waals surface area contributed by atoms with E-state index in [4.69, 9.17) is 4.74 Å². The first kappa shape index (κ1) is 16.7. The second kappa shape index (κ2) is 6.63. The highest BCUT2D eigenvalue weighted by Crippen LogP contribution is 2.29. The van der Waals surface area contributed by atoms with Gasteiger partial charge in [-0.15, -0.1) is 0 Å². The first-order valence-electron chi connectivity index (χ1n) is 9.35. The fourth-order valence-electron chi connectivity index (χ4n) is 3.71. The number of amides is 1. The number of carbonyl (C=O) groups is 1. The van der Waals surface area contributed by atoms with E-state index >= 15 is 0 Å². The number of aromatic nitrogens is 4. The van der Waals surface area contributed by atoms with E-state index in [1.807, 2.05) is 24.4 Å². The van der Waals surface area contributed by atoms with Gasteiger partial charge in [0.2, 0.25) is 5.88 Å². The van der Waals surface area contributed by atoms with Gasteiger partial charge in [-0.25, -0.2) is 14.6 Å². The van der Waals surface area contributed by atoms with E-state index in [1.165, 1.54) is 12.8 Å². The third kappa shape index (κ3) is 2.77. The zero-order valence-corrected chi connectivity index (χ0v) is 15.6. The number of pyridine rings is 2. The molecule has 0 unspecified atom stereocenters. The molecule has 0 saturated carbocycles. The number of nitrogens with zero attached hydrogens (tertiary/aromatic N) is 6. The fourth-order valence-corrected chi connectivity index (χ4v) is 3.71. The Labute approximate surface area is 162 Å². The van der Waals surface area contributed by atoms with Gasteiger partial charge in [0.15, 0.2) is 0 Å². The average Bonchev–Trinajstić information content (AvgIpc) is 3.47. The van der Waals surface area contributed by atoms with Crippen LogP contribution in [0, 0.1) is 0 Å². The van der Waals surface area contributed by atoms with E-state index in [0.717, 1.165) is 36.0 Å². The molecule has 0 radical (unpaired) electrons. The van der Waals surface area contributed by atoms with E-state index in [0.29, 0.717) is 18.0 Å². The van der Waals surface area contributed by atoms with Gasteiger partial charge in [0.25, 0.3) is 5.91 Å². The lowest BCUT2D eigenvalue weighted by Gasteiger charge is -2.17. The van der Waals surface area contributed by atoms with Crippen LogP contribution in [0.3, 0.4) is 0 Å². The number of anilines is 2. The number of ether oxygens (including phenoxy) is 1. The highest BCUT2D eigenvalue weighted by atomic mass is 16.5. The number of fused-ring (bicyclic) bond motifs is 1. The molecule has 5 heterocycles. The van der Waals surface area contributed by atoms with Gasteiger partial charge in [-0.2, -0.15) is 5.10 Å². The van der Waals surface area contributed by atoms with Crippen LogP contribution in [0.4, 0.5) is 11.5 Å². The van der Waals surface area contributed by atoms with Crippen LogP contribution in [0.5, 0.6) is 5.88 Å². The average molecular weight is 376 g/mol. The number of hydrogen-bond acceptors (Lipinski definition) is 6. The number of methoxy groups -OCH3 is 1. The molecule has 1 amide bonds. The molecule has 8 heteroatoms. The zero-order valence-electron chi connectivity index (χ0n) is 15.6. The second-order valence-corrected chi connectivity index (χ2v) is 6.95. The molecule has 1 fully saturated rings. The summed E-state index contributed by atoms with van der Waals surface area (Å²) in [5.41, 5.74) is 2.94. The maximum atomic E-state index is 12.8. The lowest BCUT2D eigenvalue weighted by Crippen LogP contribution is -2.24. The van der Waals surface area contributed by atoms with Crippen molar-refractivity contribution < 1.29 is 9.53 Å². The van der Waals surface area contributed by atoms with Crippen molar-refractivity contribution in [1.82, 2.24) is 19.7 Å². The molecule has 0 N–H and O–H groups in total. The lowest BCUT2D eigenvalue weighted by molar-refractivity contribution is 0.0996. The van der Waals surface area contributed by atoms with Crippen molar-refractivity contribution in [1.29, 1.82) is 0 Å². The molecule has 0 bridgehead atoms. The number of hydrogen-bond donors (Lipinski definition) is 0. The van der Waals surface area contributed by atoms with Crippen molar-refractivity contribution >= 4 is 17.4 Å². The minimum Gasteiger partial charge on any atom is -0.481 e. The first-order chi connectivity index (χ1) is 13.7. The molecular weight excluding hydrogens is 356 g/mol. The van der Waals surface area contributed by atoms with Crippen LogP contribution in [0.25, 0.3) is 5.69 Å². The van der Waals surface area contributed by atoms with Crippen LogP contribution < -0.4 is 14.5 Å². The maximum absolute atomic E-state index is 12.8. The Balaban J connectivity index is 1.36. The van der Waals surface area contributed by atoms with Crippen molar-refractivity contribution in [3.8, 4) is 11.6 Å². The van der Waals surface area contributed by atoms with Gasteiger partial charge in [0.05, 0.1) is 48.7 Å². The van der Waals surface area contributed by atoms with Gasteiger partial charge in [-0.1, -0.05) is 0 Å². The predicted molar refractivity (Wildman–Crippen MR) is 104 cm³/mol. The summed E-state index contributed by atoms with van der Waals surface area (Å²) in [5.74, 6) is 1.44. The molecule has 28 heavy (non-hydrogen) atoms. The van der Waals surface area contributed by atoms with Crippen molar-refractivity contribution in [3.05, 3.63) is 54.1 Å². The smallest absolute Gasteiger partial charge is 0.262 e. The monoisotopic (exact) mass is 376 g/mol. The Morgan fingerprint density at radius 2 is 1.79 bits per heavy atom. The first-order valence-corrected chi connectivity index (χ1v) is 9.35. The summed E-state index contributed by atoms with van der Waals surface area (Å²) in [5, 5.41) is 4.60. The van der Waals surface area contributed by atoms with Gasteiger partial charge in [-0.3, -0.25) is 4.79 Å². The minimum absolute atomic E-state index is 0.0742. The Hall–Kier alpha value is -3.42. The van der Waals surface area contributed by atoms with Crippen molar-refractivity contribution in [2.45, 2.75) is 19.4 Å². The molecule has 3 aromatic rings. The van der Waals surface area contributed by atoms with Gasteiger partial charge < -0.3 is 14.5 Å². The van der Waals surface area contributed by atoms with Gasteiger partial charge in [0, 0.05) is 25.4 Å². The van der Waals surface area contributed by atoms with E-state index in [2.05, 4.69) is 20.0 Å². The zero-order chi connectivity index (χ0) is 19.1. The summed E-state index contributed by atoms with van der Waals surface area (Å²) in [6, 6.07) is 7.58. The van der Waals surface area contributed by atoms with E-state index in [9.17, 15) is 4.79 Å². The summed E-state index contributed by atoms with van der Waals surface area (Å²) < 4.78 is 6.80. The van der Waals surface area contributed by atoms with Crippen LogP contribution in [-0.4, -0.2) is 45.9 Å². The molecule has 142 valence electrons. The maximum Gasteiger partial charge on any atom is 0.262 e. The largest absolute Gasteiger partial charge is 0.481 e. The fraction of sp³-hybridized carbons (Fsp3) is 0.300. The topological polar surface area (TPSA) is 76.4 Å². The van der Waals surface area contributed by atoms with E-state index in [1.54, 1.807) is 35.2 Å². The Morgan fingerprint density at radius 1 is 1.00 bits per heavy atom. The SMILES string of the molecule is COc1ccc(N2Cc3nn(-c4ccc(N5CCCC5)nc4)cc3C2=O)cn1. The second-order valence-electron chi connectivity index (χ2n) is 6.95. The van der Waals surface area contributed by atoms with Crippen LogP contribution in [-0.2, 0) is 6.54 Å². The summed E-state index contributed by atoms with van der Waals surface area (Å²) in [4.78, 5) is 25.5. The van der Waals surface area contributed by atoms with Crippen LogP contribution in [0.15, 0.2) is 42.9 Å². The third-order valence-corrected chi connectivity index (χ3v) is 5.24. The molecule has 0 aliphatic carbocycles. The number of carbonyl (C=O) groups excluding carboxylic acids is 1. The predicted octanol–water partition coefficient (Wildman–Crippen LogP) is 2.43. The molecule has 2 aliphatic rings. The standard InChI is InChI=1S/C20H20N6O2/c1-28-19-7-5-14(10-22-19)25-13-17-16(20(25)27)12-26(23-17)15-4-6-18(21-11-15)24-8-2-3-9-24/h4-7,10-12H,2-3,8-9,13H2,1H3. The number of rotatable bonds is 4. The molecule has 1 saturated heterocycles. The highest BCUT2D eigenvalue weighted by molar-refractivity contribution is 6.09. The molecule has 0 aromatic carbocycles. The summed E-state index contributed by atoms with van der Waals surface area (Å²) in [6.07, 6.45) is 7.67. The highest BCUT2D eigenvalue weighted by Gasteiger charge is 2.32. The minimum atomic E-state index is -0.0742. The van der Waals surface area contributed by atoms with Crippen molar-refractivity contribution in [3.63, 3.8) is 0 Å². The van der Waals surface area contributed by atoms with Gasteiger partial charge in [-0.05, 0) is 31.0 Å².